The molecule has 0 atom stereocenters. The summed E-state index contributed by atoms with van der Waals surface area (Å²) < 4.78 is 5.10. The minimum Gasteiger partial charge on any atom is -0.368 e. The average molecular weight is 132 g/mol. The van der Waals surface area contributed by atoms with Crippen LogP contribution in [0.1, 0.15) is 6.42 Å². The van der Waals surface area contributed by atoms with Gasteiger partial charge in [-0.15, -0.1) is 0 Å². The van der Waals surface area contributed by atoms with E-state index in [9.17, 15) is 0 Å². The third-order valence-electron chi connectivity index (χ3n) is 1.000. The van der Waals surface area contributed by atoms with Crippen molar-refractivity contribution in [1.29, 1.82) is 0 Å². The summed E-state index contributed by atoms with van der Waals surface area (Å²) in [4.78, 5) is 0. The molecule has 0 aromatic heterocycles. The summed E-state index contributed by atoms with van der Waals surface area (Å²) in [6.45, 7) is 1.21. The van der Waals surface area contributed by atoms with Crippen LogP contribution in [0.5, 0.6) is 0 Å². The van der Waals surface area contributed by atoms with E-state index in [0.29, 0.717) is 13.2 Å². The molecule has 0 amide bonds. The lowest BCUT2D eigenvalue weighted by Gasteiger charge is -1.92. The van der Waals surface area contributed by atoms with Gasteiger partial charge in [-0.1, -0.05) is 23.7 Å². The zero-order valence-electron chi connectivity index (χ0n) is 5.68. The summed E-state index contributed by atoms with van der Waals surface area (Å²) >= 11 is 0. The van der Waals surface area contributed by atoms with Gasteiger partial charge < -0.3 is 4.74 Å². The quantitative estimate of drug-likeness (QED) is 0.446. The van der Waals surface area contributed by atoms with Gasteiger partial charge in [0.05, 0.1) is 6.61 Å². The summed E-state index contributed by atoms with van der Waals surface area (Å²) in [5.74, 6) is 11.4. The van der Waals surface area contributed by atoms with Gasteiger partial charge in [0.25, 0.3) is 0 Å². The number of ether oxygens (including phenoxy) is 1. The molecule has 1 rings (SSSR count). The van der Waals surface area contributed by atoms with Gasteiger partial charge in [-0.25, -0.2) is 0 Å². The van der Waals surface area contributed by atoms with Crippen molar-refractivity contribution in [3.8, 4) is 23.7 Å². The summed E-state index contributed by atoms with van der Waals surface area (Å²) in [6.07, 6.45) is 4.30. The van der Waals surface area contributed by atoms with Gasteiger partial charge in [0.2, 0.25) is 0 Å². The molecule has 0 saturated carbocycles. The molecular formula is C9H8O. The molecule has 0 aliphatic carbocycles. The molecule has 0 aromatic carbocycles. The Morgan fingerprint density at radius 3 is 2.80 bits per heavy atom. The van der Waals surface area contributed by atoms with Gasteiger partial charge in [-0.2, -0.15) is 0 Å². The maximum atomic E-state index is 5.10. The Hall–Kier alpha value is -1.18. The second-order valence-corrected chi connectivity index (χ2v) is 1.78. The number of allylic oxidation sites excluding steroid dienone is 2. The molecule has 1 heterocycles. The van der Waals surface area contributed by atoms with Crippen molar-refractivity contribution in [2.45, 2.75) is 6.42 Å². The highest BCUT2D eigenvalue weighted by molar-refractivity contribution is 5.25. The highest BCUT2D eigenvalue weighted by Gasteiger charge is 1.80. The first-order chi connectivity index (χ1) is 5.00. The van der Waals surface area contributed by atoms with Crippen LogP contribution < -0.4 is 0 Å². The van der Waals surface area contributed by atoms with Crippen LogP contribution in [0.3, 0.4) is 0 Å². The summed E-state index contributed by atoms with van der Waals surface area (Å²) in [7, 11) is 0. The Kier molecular flexibility index (Phi) is 3.24. The Bertz CT molecular complexity index is 203. The molecular weight excluding hydrogens is 124 g/mol. The predicted molar refractivity (Wildman–Crippen MR) is 40.1 cm³/mol. The lowest BCUT2D eigenvalue weighted by molar-refractivity contribution is 0.174. The van der Waals surface area contributed by atoms with E-state index in [1.54, 1.807) is 12.2 Å². The lowest BCUT2D eigenvalue weighted by atomic mass is 10.4. The van der Waals surface area contributed by atoms with E-state index in [1.807, 2.05) is 0 Å². The van der Waals surface area contributed by atoms with Crippen LogP contribution in [0.25, 0.3) is 0 Å². The standard InChI is InChI=1S/C9H8O/c1-2-4-6-8-10-9-7-5-3-1/h1-2H,7-9H2/b2-1+. The zero-order chi connectivity index (χ0) is 7.07. The van der Waals surface area contributed by atoms with Crippen molar-refractivity contribution in [1.82, 2.24) is 0 Å². The van der Waals surface area contributed by atoms with Crippen molar-refractivity contribution < 1.29 is 4.74 Å². The smallest absolute Gasteiger partial charge is 0.108 e. The van der Waals surface area contributed by atoms with Crippen LogP contribution in [0.2, 0.25) is 0 Å². The van der Waals surface area contributed by atoms with Crippen LogP contribution in [0, 0.1) is 23.7 Å². The lowest BCUT2D eigenvalue weighted by Crippen LogP contribution is -1.92. The Morgan fingerprint density at radius 2 is 1.90 bits per heavy atom. The van der Waals surface area contributed by atoms with E-state index in [0.717, 1.165) is 6.42 Å². The van der Waals surface area contributed by atoms with Crippen molar-refractivity contribution in [3.63, 3.8) is 0 Å². The predicted octanol–water partition coefficient (Wildman–Crippen LogP) is 0.970. The number of hydrogen-bond acceptors (Lipinski definition) is 1. The largest absolute Gasteiger partial charge is 0.368 e. The molecule has 10 heavy (non-hydrogen) atoms. The SMILES string of the molecule is C1#CCCOCC#C/C=C/1. The molecule has 1 aliphatic rings. The summed E-state index contributed by atoms with van der Waals surface area (Å²) in [5.41, 5.74) is 0. The fraction of sp³-hybridized carbons (Fsp3) is 0.333. The monoisotopic (exact) mass is 132 g/mol. The molecule has 1 aliphatic heterocycles. The molecule has 0 radical (unpaired) electrons. The van der Waals surface area contributed by atoms with Crippen LogP contribution >= 0.6 is 0 Å². The molecule has 0 bridgehead atoms. The van der Waals surface area contributed by atoms with Crippen LogP contribution in [-0.2, 0) is 4.74 Å². The number of rotatable bonds is 0. The molecule has 0 N–H and O–H groups in total. The molecule has 0 unspecified atom stereocenters. The highest BCUT2D eigenvalue weighted by Crippen LogP contribution is 1.81. The van der Waals surface area contributed by atoms with Gasteiger partial charge in [0, 0.05) is 6.42 Å². The first-order valence-corrected chi connectivity index (χ1v) is 3.20. The van der Waals surface area contributed by atoms with Gasteiger partial charge in [-0.05, 0) is 12.2 Å². The summed E-state index contributed by atoms with van der Waals surface area (Å²) in [5, 5.41) is 0. The maximum absolute atomic E-state index is 5.10. The van der Waals surface area contributed by atoms with Crippen molar-refractivity contribution in [2.75, 3.05) is 13.2 Å². The van der Waals surface area contributed by atoms with E-state index in [1.165, 1.54) is 0 Å². The second kappa shape index (κ2) is 4.68. The fourth-order valence-electron chi connectivity index (χ4n) is 0.561. The Labute approximate surface area is 61.1 Å². The van der Waals surface area contributed by atoms with Gasteiger partial charge in [-0.3, -0.25) is 0 Å². The van der Waals surface area contributed by atoms with Gasteiger partial charge >= 0.3 is 0 Å². The third kappa shape index (κ3) is 2.97. The van der Waals surface area contributed by atoms with Crippen molar-refractivity contribution in [2.24, 2.45) is 0 Å². The molecule has 0 aromatic rings. The molecule has 50 valence electrons. The van der Waals surface area contributed by atoms with E-state index in [4.69, 9.17) is 4.74 Å². The van der Waals surface area contributed by atoms with Gasteiger partial charge in [0.1, 0.15) is 6.61 Å². The second-order valence-electron chi connectivity index (χ2n) is 1.78. The van der Waals surface area contributed by atoms with Crippen molar-refractivity contribution in [3.05, 3.63) is 12.2 Å². The average Bonchev–Trinajstić information content (AvgIpc) is 2.01. The molecule has 0 spiro atoms. The van der Waals surface area contributed by atoms with E-state index in [-0.39, 0.29) is 0 Å². The Morgan fingerprint density at radius 1 is 1.10 bits per heavy atom. The first kappa shape index (κ1) is 6.93. The molecule has 0 fully saturated rings. The topological polar surface area (TPSA) is 9.23 Å². The van der Waals surface area contributed by atoms with E-state index < -0.39 is 0 Å². The highest BCUT2D eigenvalue weighted by atomic mass is 16.5. The summed E-state index contributed by atoms with van der Waals surface area (Å²) in [6, 6.07) is 0. The van der Waals surface area contributed by atoms with Crippen LogP contribution in [0.15, 0.2) is 12.2 Å². The molecule has 1 heteroatoms. The number of hydrogen-bond donors (Lipinski definition) is 0. The minimum atomic E-state index is 0.520. The molecule has 1 nitrogen and oxygen atoms in total. The van der Waals surface area contributed by atoms with E-state index >= 15 is 0 Å². The first-order valence-electron chi connectivity index (χ1n) is 3.20. The van der Waals surface area contributed by atoms with Crippen LogP contribution in [0.4, 0.5) is 0 Å². The zero-order valence-corrected chi connectivity index (χ0v) is 5.68. The molecule has 0 saturated heterocycles. The van der Waals surface area contributed by atoms with Crippen LogP contribution in [-0.4, -0.2) is 13.2 Å². The minimum absolute atomic E-state index is 0.520. The van der Waals surface area contributed by atoms with Gasteiger partial charge in [0.15, 0.2) is 0 Å². The Balaban J connectivity index is 2.51. The maximum Gasteiger partial charge on any atom is 0.108 e. The van der Waals surface area contributed by atoms with Crippen molar-refractivity contribution >= 4 is 0 Å². The normalized spacial score (nSPS) is 19.2. The third-order valence-corrected chi connectivity index (χ3v) is 1.000. The van der Waals surface area contributed by atoms with E-state index in [2.05, 4.69) is 23.7 Å². The fourth-order valence-corrected chi connectivity index (χ4v) is 0.561.